The normalized spacial score (nSPS) is 12.9. The van der Waals surface area contributed by atoms with Crippen molar-refractivity contribution in [3.05, 3.63) is 75.4 Å². The quantitative estimate of drug-likeness (QED) is 0.126. The number of carbonyl (C=O) groups is 4. The largest absolute Gasteiger partial charge is 0.481 e. The Balaban J connectivity index is 0.00000676. The maximum Gasteiger partial charge on any atom is 0.309 e. The van der Waals surface area contributed by atoms with E-state index in [0.29, 0.717) is 34.1 Å². The number of hydrogen-bond donors (Lipinski definition) is 4. The van der Waals surface area contributed by atoms with E-state index in [2.05, 4.69) is 15.6 Å². The Morgan fingerprint density at radius 2 is 1.68 bits per heavy atom. The molecule has 1 aliphatic carbocycles. The number of aliphatic hydroxyl groups is 1. The van der Waals surface area contributed by atoms with E-state index in [0.717, 1.165) is 54.5 Å². The second kappa shape index (κ2) is 17.4. The van der Waals surface area contributed by atoms with E-state index in [-0.39, 0.29) is 55.6 Å². The van der Waals surface area contributed by atoms with E-state index in [4.69, 9.17) is 0 Å². The Labute approximate surface area is 305 Å². The Hall–Kier alpha value is -3.80. The molecule has 0 radical (unpaired) electrons. The minimum Gasteiger partial charge on any atom is -0.481 e. The van der Waals surface area contributed by atoms with Crippen LogP contribution in [0.5, 0.6) is 0 Å². The van der Waals surface area contributed by atoms with Crippen LogP contribution in [0.1, 0.15) is 122 Å². The lowest BCUT2D eigenvalue weighted by Gasteiger charge is -2.32. The molecule has 3 aromatic rings. The molecule has 2 heterocycles. The van der Waals surface area contributed by atoms with Crippen LogP contribution >= 0.6 is 23.7 Å². The number of amides is 3. The Morgan fingerprint density at radius 3 is 2.30 bits per heavy atom. The summed E-state index contributed by atoms with van der Waals surface area (Å²) in [5.41, 5.74) is 2.34. The topological polar surface area (TPSA) is 149 Å². The van der Waals surface area contributed by atoms with E-state index < -0.39 is 16.8 Å². The molecule has 10 nitrogen and oxygen atoms in total. The van der Waals surface area contributed by atoms with E-state index in [1.54, 1.807) is 55.3 Å². The molecule has 0 saturated carbocycles. The number of anilines is 2. The summed E-state index contributed by atoms with van der Waals surface area (Å²) >= 11 is 1.44. The van der Waals surface area contributed by atoms with Crippen molar-refractivity contribution >= 4 is 58.1 Å². The first kappa shape index (κ1) is 40.6. The van der Waals surface area contributed by atoms with Gasteiger partial charge in [-0.1, -0.05) is 39.8 Å². The lowest BCUT2D eigenvalue weighted by molar-refractivity contribution is -0.148. The third-order valence-corrected chi connectivity index (χ3v) is 10.7. The molecule has 1 aliphatic rings. The van der Waals surface area contributed by atoms with Gasteiger partial charge < -0.3 is 25.7 Å². The molecule has 4 N–H and O–H groups in total. The predicted molar refractivity (Wildman–Crippen MR) is 200 cm³/mol. The molecule has 4 rings (SSSR count). The van der Waals surface area contributed by atoms with E-state index >= 15 is 0 Å². The van der Waals surface area contributed by atoms with Crippen LogP contribution in [0.4, 0.5) is 10.7 Å². The van der Waals surface area contributed by atoms with Crippen molar-refractivity contribution in [1.29, 1.82) is 0 Å². The first-order valence-corrected chi connectivity index (χ1v) is 18.0. The highest BCUT2D eigenvalue weighted by molar-refractivity contribution is 7.17. The molecule has 0 spiro atoms. The zero-order valence-electron chi connectivity index (χ0n) is 29.9. The number of hydrogen-bond acceptors (Lipinski definition) is 7. The van der Waals surface area contributed by atoms with Gasteiger partial charge in [-0.25, -0.2) is 0 Å². The van der Waals surface area contributed by atoms with Gasteiger partial charge in [-0.15, -0.1) is 23.7 Å². The summed E-state index contributed by atoms with van der Waals surface area (Å²) in [4.78, 5) is 59.9. The SMILES string of the molecule is CCC(CC)N(Cc1cccc(C(=O)Nc2sc3c(c2C(=O)Nc2ccc(C(C)(C)CO)nc2)CCCC3)c1)C(=O)CCC(C)(C)C(=O)O.Cl. The van der Waals surface area contributed by atoms with E-state index in [1.165, 1.54) is 11.3 Å². The van der Waals surface area contributed by atoms with E-state index in [1.807, 2.05) is 33.8 Å². The molecule has 3 amide bonds. The van der Waals surface area contributed by atoms with Crippen molar-refractivity contribution in [2.45, 2.75) is 111 Å². The second-order valence-electron chi connectivity index (χ2n) is 14.2. The monoisotopic (exact) mass is 726 g/mol. The minimum atomic E-state index is -1.01. The summed E-state index contributed by atoms with van der Waals surface area (Å²) in [5.74, 6) is -1.71. The van der Waals surface area contributed by atoms with Gasteiger partial charge in [-0.05, 0) is 94.2 Å². The fraction of sp³-hybridized carbons (Fsp3) is 0.500. The van der Waals surface area contributed by atoms with Crippen LogP contribution in [0.2, 0.25) is 0 Å². The number of aliphatic hydroxyl groups excluding tert-OH is 1. The van der Waals surface area contributed by atoms with Crippen molar-refractivity contribution < 1.29 is 29.4 Å². The lowest BCUT2D eigenvalue weighted by Crippen LogP contribution is -2.40. The first-order chi connectivity index (χ1) is 23.2. The maximum absolute atomic E-state index is 13.7. The predicted octanol–water partition coefficient (Wildman–Crippen LogP) is 7.63. The minimum absolute atomic E-state index is 0. The third kappa shape index (κ3) is 9.70. The van der Waals surface area contributed by atoms with Crippen LogP contribution < -0.4 is 10.6 Å². The highest BCUT2D eigenvalue weighted by atomic mass is 35.5. The number of halogens is 1. The average Bonchev–Trinajstić information content (AvgIpc) is 3.45. The standard InChI is InChI=1S/C38H50N4O6S.ClH/c1-7-27(8-2)42(31(44)18-19-37(3,4)36(47)48)22-24-12-11-13-25(20-24)33(45)41-35-32(28-14-9-10-15-29(28)49-35)34(46)40-26-16-17-30(39-21-26)38(5,6)23-43;/h11-13,16-17,20-21,27,43H,7-10,14-15,18-19,22-23H2,1-6H3,(H,40,46)(H,41,45)(H,47,48);1H. The molecule has 12 heteroatoms. The molecule has 0 atom stereocenters. The van der Waals surface area contributed by atoms with Gasteiger partial charge in [0.2, 0.25) is 5.91 Å². The Bertz CT molecular complexity index is 1670. The van der Waals surface area contributed by atoms with Gasteiger partial charge >= 0.3 is 5.97 Å². The number of benzene rings is 1. The van der Waals surface area contributed by atoms with Crippen LogP contribution in [-0.4, -0.2) is 56.4 Å². The van der Waals surface area contributed by atoms with Gasteiger partial charge in [-0.2, -0.15) is 0 Å². The van der Waals surface area contributed by atoms with Crippen molar-refractivity contribution in [3.8, 4) is 0 Å². The highest BCUT2D eigenvalue weighted by Gasteiger charge is 2.31. The number of carboxylic acid groups (broad SMARTS) is 1. The zero-order chi connectivity index (χ0) is 35.9. The van der Waals surface area contributed by atoms with Gasteiger partial charge in [-0.3, -0.25) is 24.2 Å². The van der Waals surface area contributed by atoms with Crippen LogP contribution in [0, 0.1) is 5.41 Å². The fourth-order valence-corrected chi connectivity index (χ4v) is 7.32. The summed E-state index contributed by atoms with van der Waals surface area (Å²) in [5, 5.41) is 25.7. The summed E-state index contributed by atoms with van der Waals surface area (Å²) in [6.45, 7) is 11.3. The van der Waals surface area contributed by atoms with Crippen LogP contribution in [-0.2, 0) is 34.4 Å². The number of rotatable bonds is 15. The summed E-state index contributed by atoms with van der Waals surface area (Å²) in [7, 11) is 0. The lowest BCUT2D eigenvalue weighted by atomic mass is 9.87. The fourth-order valence-electron chi connectivity index (χ4n) is 6.04. The highest BCUT2D eigenvalue weighted by Crippen LogP contribution is 2.39. The number of aryl methyl sites for hydroxylation is 1. The number of aromatic nitrogens is 1. The molecule has 0 unspecified atom stereocenters. The van der Waals surface area contributed by atoms with Gasteiger partial charge in [0.25, 0.3) is 11.8 Å². The molecule has 272 valence electrons. The average molecular weight is 727 g/mol. The number of aliphatic carboxylic acids is 1. The molecule has 0 fully saturated rings. The first-order valence-electron chi connectivity index (χ1n) is 17.2. The van der Waals surface area contributed by atoms with Gasteiger partial charge in [0.15, 0.2) is 0 Å². The summed E-state index contributed by atoms with van der Waals surface area (Å²) in [6.07, 6.45) is 7.01. The van der Waals surface area contributed by atoms with Crippen LogP contribution in [0.3, 0.4) is 0 Å². The van der Waals surface area contributed by atoms with Crippen molar-refractivity contribution in [2.75, 3.05) is 17.2 Å². The number of nitrogens with zero attached hydrogens (tertiary/aromatic N) is 2. The third-order valence-electron chi connectivity index (χ3n) is 9.52. The summed E-state index contributed by atoms with van der Waals surface area (Å²) in [6, 6.07) is 10.7. The smallest absolute Gasteiger partial charge is 0.309 e. The molecule has 2 aromatic heterocycles. The number of fused-ring (bicyclic) bond motifs is 1. The van der Waals surface area contributed by atoms with Crippen molar-refractivity contribution in [1.82, 2.24) is 9.88 Å². The van der Waals surface area contributed by atoms with Gasteiger partial charge in [0, 0.05) is 40.6 Å². The number of thiophene rings is 1. The van der Waals surface area contributed by atoms with E-state index in [9.17, 15) is 29.4 Å². The maximum atomic E-state index is 13.7. The Morgan fingerprint density at radius 1 is 0.980 bits per heavy atom. The molecule has 0 bridgehead atoms. The van der Waals surface area contributed by atoms with Gasteiger partial charge in [0.1, 0.15) is 5.00 Å². The number of nitrogens with one attached hydrogen (secondary N) is 2. The van der Waals surface area contributed by atoms with Crippen LogP contribution in [0.25, 0.3) is 0 Å². The zero-order valence-corrected chi connectivity index (χ0v) is 31.6. The number of pyridine rings is 1. The number of carbonyl (C=O) groups excluding carboxylic acids is 3. The second-order valence-corrected chi connectivity index (χ2v) is 15.3. The molecular formula is C38H51ClN4O6S. The van der Waals surface area contributed by atoms with Crippen molar-refractivity contribution in [2.24, 2.45) is 5.41 Å². The number of carboxylic acids is 1. The van der Waals surface area contributed by atoms with Crippen LogP contribution in [0.15, 0.2) is 42.6 Å². The Kier molecular flexibility index (Phi) is 14.2. The van der Waals surface area contributed by atoms with Crippen molar-refractivity contribution in [3.63, 3.8) is 0 Å². The molecule has 50 heavy (non-hydrogen) atoms. The molecular weight excluding hydrogens is 676 g/mol. The molecule has 1 aromatic carbocycles. The molecule has 0 saturated heterocycles. The summed E-state index contributed by atoms with van der Waals surface area (Å²) < 4.78 is 0. The van der Waals surface area contributed by atoms with Gasteiger partial charge in [0.05, 0.1) is 29.5 Å². The molecule has 0 aliphatic heterocycles.